The van der Waals surface area contributed by atoms with E-state index in [0.29, 0.717) is 35.1 Å². The zero-order valence-corrected chi connectivity index (χ0v) is 28.6. The molecule has 1 aliphatic carbocycles. The fourth-order valence-corrected chi connectivity index (χ4v) is 6.80. The van der Waals surface area contributed by atoms with Crippen LogP contribution < -0.4 is 14.8 Å². The van der Waals surface area contributed by atoms with E-state index in [2.05, 4.69) is 39.6 Å². The van der Waals surface area contributed by atoms with Crippen molar-refractivity contribution in [3.63, 3.8) is 0 Å². The highest BCUT2D eigenvalue weighted by Gasteiger charge is 2.36. The zero-order valence-electron chi connectivity index (χ0n) is 26.8. The Balaban J connectivity index is 1.51. The number of alkyl halides is 3. The Morgan fingerprint density at radius 1 is 1.06 bits per heavy atom. The highest BCUT2D eigenvalue weighted by molar-refractivity contribution is 7.92. The standard InChI is InChI=1S/C32H38F4N6O4SSi/c1-48(2,3)16-15-45-21-42-30(39-29-19-37-13-14-38-29)18-27(40-42)24-9-12-26(41-47(43,44)20-32(34,35)36)28(17-24)46-31(22-5-4-6-22)23-7-10-25(33)11-8-23/h7-14,17-19,22,31,41H,4-6,15-16,20-21H2,1-3H3,(H,38,39). The SMILES string of the molecule is C[Si](C)(C)CCOCn1nc(-c2ccc(NS(=O)(=O)CC(F)(F)F)c(OC(c3ccc(F)cc3)C3CCC3)c2)cc1Nc1cnccn1. The first-order chi connectivity index (χ1) is 22.6. The van der Waals surface area contributed by atoms with Crippen LogP contribution in [-0.4, -0.2) is 54.8 Å². The largest absolute Gasteiger partial charge is 0.483 e. The number of nitrogens with one attached hydrogen (secondary N) is 2. The van der Waals surface area contributed by atoms with Crippen LogP contribution >= 0.6 is 0 Å². The van der Waals surface area contributed by atoms with E-state index in [9.17, 15) is 26.0 Å². The van der Waals surface area contributed by atoms with E-state index in [1.54, 1.807) is 41.3 Å². The van der Waals surface area contributed by atoms with Gasteiger partial charge in [-0.3, -0.25) is 9.71 Å². The molecule has 1 unspecified atom stereocenters. The fourth-order valence-electron chi connectivity index (χ4n) is 5.03. The second-order valence-corrected chi connectivity index (χ2v) is 20.3. The van der Waals surface area contributed by atoms with Gasteiger partial charge < -0.3 is 14.8 Å². The molecule has 1 fully saturated rings. The Hall–Kier alpha value is -4.02. The second-order valence-electron chi connectivity index (χ2n) is 12.9. The molecule has 2 aromatic carbocycles. The summed E-state index contributed by atoms with van der Waals surface area (Å²) in [6.07, 6.45) is 1.66. The summed E-state index contributed by atoms with van der Waals surface area (Å²) in [7, 11) is -6.17. The maximum Gasteiger partial charge on any atom is 0.404 e. The van der Waals surface area contributed by atoms with Crippen molar-refractivity contribution in [1.82, 2.24) is 19.7 Å². The van der Waals surface area contributed by atoms with Crippen molar-refractivity contribution in [1.29, 1.82) is 0 Å². The number of ether oxygens (including phenoxy) is 2. The minimum atomic E-state index is -4.95. The lowest BCUT2D eigenvalue weighted by atomic mass is 9.78. The van der Waals surface area contributed by atoms with Crippen LogP contribution in [0.25, 0.3) is 11.3 Å². The number of nitrogens with zero attached hydrogens (tertiary/aromatic N) is 4. The Morgan fingerprint density at radius 2 is 1.81 bits per heavy atom. The van der Waals surface area contributed by atoms with Crippen LogP contribution in [0.5, 0.6) is 5.75 Å². The molecule has 4 aromatic rings. The summed E-state index contributed by atoms with van der Waals surface area (Å²) in [5.74, 6) is -1.45. The molecule has 5 rings (SSSR count). The third-order valence-corrected chi connectivity index (χ3v) is 10.7. The quantitative estimate of drug-likeness (QED) is 0.0732. The summed E-state index contributed by atoms with van der Waals surface area (Å²) in [4.78, 5) is 8.36. The molecule has 10 nitrogen and oxygen atoms in total. The van der Waals surface area contributed by atoms with Gasteiger partial charge in [0.25, 0.3) is 0 Å². The van der Waals surface area contributed by atoms with Crippen molar-refractivity contribution < 1.29 is 35.5 Å². The molecular formula is C32H38F4N6O4SSi. The molecule has 48 heavy (non-hydrogen) atoms. The molecule has 0 spiro atoms. The average Bonchev–Trinajstić information content (AvgIpc) is 3.36. The number of anilines is 3. The highest BCUT2D eigenvalue weighted by atomic mass is 32.2. The van der Waals surface area contributed by atoms with Gasteiger partial charge in [0.1, 0.15) is 36.0 Å². The summed E-state index contributed by atoms with van der Waals surface area (Å²) in [6, 6.07) is 12.9. The summed E-state index contributed by atoms with van der Waals surface area (Å²) < 4.78 is 94.3. The Bertz CT molecular complexity index is 1780. The summed E-state index contributed by atoms with van der Waals surface area (Å²) >= 11 is 0. The van der Waals surface area contributed by atoms with Crippen LogP contribution in [-0.2, 0) is 21.5 Å². The molecule has 0 aliphatic heterocycles. The van der Waals surface area contributed by atoms with Crippen molar-refractivity contribution >= 4 is 35.4 Å². The van der Waals surface area contributed by atoms with Gasteiger partial charge in [-0.25, -0.2) is 22.5 Å². The molecule has 0 saturated heterocycles. The van der Waals surface area contributed by atoms with Crippen LogP contribution in [0.4, 0.5) is 34.9 Å². The molecule has 2 heterocycles. The predicted molar refractivity (Wildman–Crippen MR) is 178 cm³/mol. The van der Waals surface area contributed by atoms with Gasteiger partial charge in [-0.15, -0.1) is 0 Å². The number of aromatic nitrogens is 4. The van der Waals surface area contributed by atoms with E-state index in [-0.39, 0.29) is 24.1 Å². The molecule has 16 heteroatoms. The lowest BCUT2D eigenvalue weighted by molar-refractivity contribution is -0.106. The minimum absolute atomic E-state index is 0.00356. The van der Waals surface area contributed by atoms with Gasteiger partial charge in [-0.2, -0.15) is 18.3 Å². The van der Waals surface area contributed by atoms with Gasteiger partial charge in [0.2, 0.25) is 10.0 Å². The van der Waals surface area contributed by atoms with Crippen molar-refractivity contribution in [2.24, 2.45) is 5.92 Å². The van der Waals surface area contributed by atoms with Crippen LogP contribution in [0.1, 0.15) is 30.9 Å². The molecular weight excluding hydrogens is 669 g/mol. The van der Waals surface area contributed by atoms with Gasteiger partial charge in [0.05, 0.1) is 17.6 Å². The van der Waals surface area contributed by atoms with Crippen molar-refractivity contribution in [3.05, 3.63) is 78.5 Å². The maximum atomic E-state index is 13.8. The molecule has 0 radical (unpaired) electrons. The average molecular weight is 707 g/mol. The summed E-state index contributed by atoms with van der Waals surface area (Å²) in [5.41, 5.74) is 1.44. The van der Waals surface area contributed by atoms with Gasteiger partial charge in [0.15, 0.2) is 5.75 Å². The molecule has 1 atom stereocenters. The molecule has 1 saturated carbocycles. The normalized spacial score (nSPS) is 14.7. The summed E-state index contributed by atoms with van der Waals surface area (Å²) in [6.45, 7) is 7.43. The predicted octanol–water partition coefficient (Wildman–Crippen LogP) is 7.76. The Kier molecular flexibility index (Phi) is 10.7. The van der Waals surface area contributed by atoms with Crippen LogP contribution in [0.2, 0.25) is 25.7 Å². The van der Waals surface area contributed by atoms with E-state index in [1.807, 2.05) is 0 Å². The third kappa shape index (κ3) is 9.99. The number of benzene rings is 2. The zero-order chi connectivity index (χ0) is 34.5. The summed E-state index contributed by atoms with van der Waals surface area (Å²) in [5, 5.41) is 7.90. The number of halogens is 4. The molecule has 258 valence electrons. The van der Waals surface area contributed by atoms with E-state index in [0.717, 1.165) is 25.3 Å². The molecule has 2 N–H and O–H groups in total. The monoisotopic (exact) mass is 706 g/mol. The first-order valence-electron chi connectivity index (χ1n) is 15.5. The van der Waals surface area contributed by atoms with Crippen molar-refractivity contribution in [2.45, 2.75) is 64.0 Å². The van der Waals surface area contributed by atoms with Crippen LogP contribution in [0, 0.1) is 11.7 Å². The molecule has 0 amide bonds. The Morgan fingerprint density at radius 3 is 2.44 bits per heavy atom. The van der Waals surface area contributed by atoms with E-state index < -0.39 is 41.9 Å². The van der Waals surface area contributed by atoms with Crippen molar-refractivity contribution in [3.8, 4) is 17.0 Å². The van der Waals surface area contributed by atoms with Crippen LogP contribution in [0.15, 0.2) is 67.1 Å². The minimum Gasteiger partial charge on any atom is -0.483 e. The number of hydrogen-bond acceptors (Lipinski definition) is 8. The number of sulfonamides is 1. The van der Waals surface area contributed by atoms with E-state index in [4.69, 9.17) is 14.6 Å². The first kappa shape index (κ1) is 35.3. The number of hydrogen-bond donors (Lipinski definition) is 2. The van der Waals surface area contributed by atoms with Crippen molar-refractivity contribution in [2.75, 3.05) is 22.4 Å². The van der Waals surface area contributed by atoms with Gasteiger partial charge >= 0.3 is 6.18 Å². The topological polar surface area (TPSA) is 120 Å². The molecule has 1 aliphatic rings. The van der Waals surface area contributed by atoms with Gasteiger partial charge in [0, 0.05) is 44.6 Å². The van der Waals surface area contributed by atoms with E-state index in [1.165, 1.54) is 30.5 Å². The van der Waals surface area contributed by atoms with Gasteiger partial charge in [-0.1, -0.05) is 44.3 Å². The third-order valence-electron chi connectivity index (χ3n) is 7.74. The van der Waals surface area contributed by atoms with Crippen LogP contribution in [0.3, 0.4) is 0 Å². The first-order valence-corrected chi connectivity index (χ1v) is 20.8. The number of rotatable bonds is 15. The fraction of sp³-hybridized carbons (Fsp3) is 0.406. The van der Waals surface area contributed by atoms with E-state index >= 15 is 0 Å². The highest BCUT2D eigenvalue weighted by Crippen LogP contribution is 2.43. The maximum absolute atomic E-state index is 13.8. The lowest BCUT2D eigenvalue weighted by Crippen LogP contribution is -2.28. The lowest BCUT2D eigenvalue weighted by Gasteiger charge is -2.34. The van der Waals surface area contributed by atoms with Gasteiger partial charge in [-0.05, 0) is 48.7 Å². The second kappa shape index (κ2) is 14.6. The smallest absolute Gasteiger partial charge is 0.404 e. The molecule has 2 aromatic heterocycles. The molecule has 0 bridgehead atoms. The Labute approximate surface area is 278 Å².